The summed E-state index contributed by atoms with van der Waals surface area (Å²) in [7, 11) is 1.82. The summed E-state index contributed by atoms with van der Waals surface area (Å²) in [5.41, 5.74) is 0.853. The van der Waals surface area contributed by atoms with Gasteiger partial charge in [-0.1, -0.05) is 29.3 Å². The largest absolute Gasteiger partial charge is 0.454 e. The quantitative estimate of drug-likeness (QED) is 0.837. The normalized spacial score (nSPS) is 12.2. The molecule has 2 aromatic carbocycles. The molecule has 0 amide bonds. The first-order valence-corrected chi connectivity index (χ1v) is 6.86. The third-order valence-corrected chi connectivity index (χ3v) is 3.75. The molecule has 0 aliphatic rings. The second-order valence-electron chi connectivity index (χ2n) is 4.38. The summed E-state index contributed by atoms with van der Waals surface area (Å²) in [6.07, 6.45) is 0. The van der Waals surface area contributed by atoms with Crippen molar-refractivity contribution in [2.75, 3.05) is 7.05 Å². The molecule has 0 heterocycles. The maximum atomic E-state index is 14.0. The zero-order chi connectivity index (χ0) is 14.7. The van der Waals surface area contributed by atoms with Crippen LogP contribution < -0.4 is 10.1 Å². The molecule has 2 nitrogen and oxygen atoms in total. The molecule has 106 valence electrons. The number of ether oxygens (including phenoxy) is 1. The van der Waals surface area contributed by atoms with E-state index in [0.29, 0.717) is 15.8 Å². The van der Waals surface area contributed by atoms with Crippen molar-refractivity contribution >= 4 is 23.2 Å². The van der Waals surface area contributed by atoms with E-state index in [4.69, 9.17) is 27.9 Å². The zero-order valence-corrected chi connectivity index (χ0v) is 12.6. The van der Waals surface area contributed by atoms with Crippen molar-refractivity contribution in [1.82, 2.24) is 5.32 Å². The van der Waals surface area contributed by atoms with E-state index in [-0.39, 0.29) is 11.8 Å². The van der Waals surface area contributed by atoms with E-state index in [1.807, 2.05) is 20.0 Å². The van der Waals surface area contributed by atoms with Gasteiger partial charge >= 0.3 is 0 Å². The Kier molecular flexibility index (Phi) is 4.86. The Labute approximate surface area is 127 Å². The first-order chi connectivity index (χ1) is 9.51. The molecule has 0 aromatic heterocycles. The van der Waals surface area contributed by atoms with Crippen LogP contribution in [0.1, 0.15) is 18.5 Å². The van der Waals surface area contributed by atoms with Gasteiger partial charge < -0.3 is 10.1 Å². The summed E-state index contributed by atoms with van der Waals surface area (Å²) < 4.78 is 19.5. The molecule has 0 aliphatic carbocycles. The van der Waals surface area contributed by atoms with E-state index in [9.17, 15) is 4.39 Å². The van der Waals surface area contributed by atoms with Crippen molar-refractivity contribution < 1.29 is 9.13 Å². The lowest BCUT2D eigenvalue weighted by Crippen LogP contribution is -2.12. The fraction of sp³-hybridized carbons (Fsp3) is 0.200. The van der Waals surface area contributed by atoms with Gasteiger partial charge in [0.15, 0.2) is 11.6 Å². The predicted molar refractivity (Wildman–Crippen MR) is 80.4 cm³/mol. The van der Waals surface area contributed by atoms with Crippen molar-refractivity contribution in [1.29, 1.82) is 0 Å². The van der Waals surface area contributed by atoms with Crippen molar-refractivity contribution in [2.24, 2.45) is 0 Å². The number of hydrogen-bond donors (Lipinski definition) is 1. The summed E-state index contributed by atoms with van der Waals surface area (Å²) in [6, 6.07) is 9.73. The minimum Gasteiger partial charge on any atom is -0.454 e. The van der Waals surface area contributed by atoms with Gasteiger partial charge in [0.2, 0.25) is 0 Å². The fourth-order valence-corrected chi connectivity index (χ4v) is 1.99. The molecule has 0 fully saturated rings. The molecule has 1 N–H and O–H groups in total. The molecule has 0 saturated carbocycles. The van der Waals surface area contributed by atoms with Crippen LogP contribution in [0.25, 0.3) is 0 Å². The topological polar surface area (TPSA) is 21.3 Å². The maximum Gasteiger partial charge on any atom is 0.166 e. The van der Waals surface area contributed by atoms with Gasteiger partial charge in [-0.05, 0) is 43.8 Å². The van der Waals surface area contributed by atoms with E-state index >= 15 is 0 Å². The number of nitrogens with one attached hydrogen (secondary N) is 1. The van der Waals surface area contributed by atoms with Gasteiger partial charge in [-0.3, -0.25) is 0 Å². The third-order valence-electron chi connectivity index (χ3n) is 3.01. The van der Waals surface area contributed by atoms with Gasteiger partial charge in [-0.25, -0.2) is 4.39 Å². The molecular formula is C15H14Cl2FNO. The predicted octanol–water partition coefficient (Wildman–Crippen LogP) is 5.21. The molecule has 1 atom stereocenters. The molecule has 0 radical (unpaired) electrons. The number of hydrogen-bond acceptors (Lipinski definition) is 2. The van der Waals surface area contributed by atoms with Crippen LogP contribution in [0.5, 0.6) is 11.5 Å². The SMILES string of the molecule is CNC(C)c1ccc(Oc2ccc(Cl)c(Cl)c2)c(F)c1. The van der Waals surface area contributed by atoms with E-state index in [1.54, 1.807) is 24.3 Å². The number of halogens is 3. The highest BCUT2D eigenvalue weighted by atomic mass is 35.5. The van der Waals surface area contributed by atoms with Crippen LogP contribution in [0.3, 0.4) is 0 Å². The van der Waals surface area contributed by atoms with Crippen LogP contribution >= 0.6 is 23.2 Å². The van der Waals surface area contributed by atoms with Crippen LogP contribution in [-0.4, -0.2) is 7.05 Å². The molecule has 20 heavy (non-hydrogen) atoms. The first kappa shape index (κ1) is 15.1. The van der Waals surface area contributed by atoms with Crippen LogP contribution in [0, 0.1) is 5.82 Å². The van der Waals surface area contributed by atoms with Crippen molar-refractivity contribution in [2.45, 2.75) is 13.0 Å². The second-order valence-corrected chi connectivity index (χ2v) is 5.19. The van der Waals surface area contributed by atoms with E-state index in [1.165, 1.54) is 6.07 Å². The molecular weight excluding hydrogens is 300 g/mol. The third kappa shape index (κ3) is 3.42. The Balaban J connectivity index is 2.23. The molecule has 1 unspecified atom stereocenters. The number of rotatable bonds is 4. The lowest BCUT2D eigenvalue weighted by molar-refractivity contribution is 0.441. The lowest BCUT2D eigenvalue weighted by Gasteiger charge is -2.13. The van der Waals surface area contributed by atoms with Crippen molar-refractivity contribution in [3.63, 3.8) is 0 Å². The maximum absolute atomic E-state index is 14.0. The molecule has 2 rings (SSSR count). The fourth-order valence-electron chi connectivity index (χ4n) is 1.70. The van der Waals surface area contributed by atoms with Gasteiger partial charge in [-0.15, -0.1) is 0 Å². The van der Waals surface area contributed by atoms with Crippen molar-refractivity contribution in [3.05, 3.63) is 57.8 Å². The number of benzene rings is 2. The molecule has 5 heteroatoms. The van der Waals surface area contributed by atoms with Gasteiger partial charge in [0, 0.05) is 12.1 Å². The first-order valence-electron chi connectivity index (χ1n) is 6.11. The van der Waals surface area contributed by atoms with E-state index in [0.717, 1.165) is 5.56 Å². The standard InChI is InChI=1S/C15H14Cl2FNO/c1-9(19-2)10-3-6-15(14(18)7-10)20-11-4-5-12(16)13(17)8-11/h3-9,19H,1-2H3. The molecule has 2 aromatic rings. The smallest absolute Gasteiger partial charge is 0.166 e. The molecule has 0 spiro atoms. The summed E-state index contributed by atoms with van der Waals surface area (Å²) in [4.78, 5) is 0. The Bertz CT molecular complexity index is 619. The summed E-state index contributed by atoms with van der Waals surface area (Å²) >= 11 is 11.7. The van der Waals surface area contributed by atoms with Crippen LogP contribution in [0.15, 0.2) is 36.4 Å². The highest BCUT2D eigenvalue weighted by Crippen LogP contribution is 2.31. The van der Waals surface area contributed by atoms with Gasteiger partial charge in [0.1, 0.15) is 5.75 Å². The summed E-state index contributed by atoms with van der Waals surface area (Å²) in [5, 5.41) is 3.85. The van der Waals surface area contributed by atoms with Crippen LogP contribution in [-0.2, 0) is 0 Å². The average molecular weight is 314 g/mol. The Morgan fingerprint density at radius 1 is 1.10 bits per heavy atom. The Morgan fingerprint density at radius 3 is 2.45 bits per heavy atom. The zero-order valence-electron chi connectivity index (χ0n) is 11.1. The minimum absolute atomic E-state index is 0.0727. The van der Waals surface area contributed by atoms with Gasteiger partial charge in [0.05, 0.1) is 10.0 Å². The second kappa shape index (κ2) is 6.44. The van der Waals surface area contributed by atoms with Gasteiger partial charge in [-0.2, -0.15) is 0 Å². The average Bonchev–Trinajstić information content (AvgIpc) is 2.44. The minimum atomic E-state index is -0.421. The molecule has 0 saturated heterocycles. The van der Waals surface area contributed by atoms with Gasteiger partial charge in [0.25, 0.3) is 0 Å². The Morgan fingerprint density at radius 2 is 1.85 bits per heavy atom. The summed E-state index contributed by atoms with van der Waals surface area (Å²) in [6.45, 7) is 1.95. The van der Waals surface area contributed by atoms with E-state index in [2.05, 4.69) is 5.32 Å². The summed E-state index contributed by atoms with van der Waals surface area (Å²) in [5.74, 6) is 0.166. The molecule has 0 bridgehead atoms. The molecule has 0 aliphatic heterocycles. The van der Waals surface area contributed by atoms with Crippen molar-refractivity contribution in [3.8, 4) is 11.5 Å². The lowest BCUT2D eigenvalue weighted by atomic mass is 10.1. The Hall–Kier alpha value is -1.29. The van der Waals surface area contributed by atoms with Crippen LogP contribution in [0.4, 0.5) is 4.39 Å². The van der Waals surface area contributed by atoms with Crippen LogP contribution in [0.2, 0.25) is 10.0 Å². The van der Waals surface area contributed by atoms with E-state index < -0.39 is 5.82 Å². The highest BCUT2D eigenvalue weighted by Gasteiger charge is 2.10. The monoisotopic (exact) mass is 313 g/mol. The highest BCUT2D eigenvalue weighted by molar-refractivity contribution is 6.42.